The minimum atomic E-state index is 0.111. The Morgan fingerprint density at radius 2 is 2.47 bits per heavy atom. The number of thiophene rings is 1. The molecule has 2 N–H and O–H groups in total. The normalized spacial score (nSPS) is 15.1. The molecule has 0 aliphatic carbocycles. The molecule has 2 aromatic heterocycles. The van der Waals surface area contributed by atoms with Crippen LogP contribution in [0.5, 0.6) is 0 Å². The summed E-state index contributed by atoms with van der Waals surface area (Å²) in [5, 5.41) is 8.50. The van der Waals surface area contributed by atoms with Crippen LogP contribution in [0, 0.1) is 0 Å². The highest BCUT2D eigenvalue weighted by Gasteiger charge is 2.20. The first kappa shape index (κ1) is 10.4. The van der Waals surface area contributed by atoms with Crippen LogP contribution in [0.3, 0.4) is 0 Å². The first-order valence-electron chi connectivity index (χ1n) is 5.09. The zero-order chi connectivity index (χ0) is 10.7. The van der Waals surface area contributed by atoms with Crippen LogP contribution in [0.4, 0.5) is 0 Å². The van der Waals surface area contributed by atoms with E-state index in [-0.39, 0.29) is 12.1 Å². The third kappa shape index (κ3) is 2.11. The van der Waals surface area contributed by atoms with Gasteiger partial charge in [-0.1, -0.05) is 6.92 Å². The average molecular weight is 221 g/mol. The second kappa shape index (κ2) is 4.59. The van der Waals surface area contributed by atoms with E-state index in [0.29, 0.717) is 0 Å². The van der Waals surface area contributed by atoms with Gasteiger partial charge in [-0.05, 0) is 34.9 Å². The second-order valence-electron chi connectivity index (χ2n) is 3.56. The van der Waals surface area contributed by atoms with Gasteiger partial charge in [-0.15, -0.1) is 0 Å². The van der Waals surface area contributed by atoms with Crippen molar-refractivity contribution in [3.63, 3.8) is 0 Å². The molecule has 2 unspecified atom stereocenters. The molecule has 2 atom stereocenters. The van der Waals surface area contributed by atoms with Gasteiger partial charge in [0.25, 0.3) is 0 Å². The van der Waals surface area contributed by atoms with Gasteiger partial charge in [0.2, 0.25) is 0 Å². The third-order valence-electron chi connectivity index (χ3n) is 2.57. The molecule has 0 bridgehead atoms. The largest absolute Gasteiger partial charge is 0.326 e. The molecule has 4 heteroatoms. The fourth-order valence-corrected chi connectivity index (χ4v) is 2.40. The molecular weight excluding hydrogens is 206 g/mol. The van der Waals surface area contributed by atoms with Gasteiger partial charge in [0.15, 0.2) is 0 Å². The number of nitrogens with two attached hydrogens (primary N) is 1. The molecule has 0 fully saturated rings. The Bertz CT molecular complexity index is 346. The van der Waals surface area contributed by atoms with Gasteiger partial charge in [0.05, 0.1) is 6.04 Å². The van der Waals surface area contributed by atoms with E-state index < -0.39 is 0 Å². The highest BCUT2D eigenvalue weighted by atomic mass is 32.1. The summed E-state index contributed by atoms with van der Waals surface area (Å²) in [7, 11) is 0. The minimum absolute atomic E-state index is 0.111. The standard InChI is InChI=1S/C11H15N3S/c1-2-10(12)11(9-4-7-15-8-9)14-6-3-5-13-14/h3-8,10-11H,2,12H2,1H3. The number of hydrogen-bond donors (Lipinski definition) is 1. The van der Waals surface area contributed by atoms with E-state index in [0.717, 1.165) is 6.42 Å². The molecule has 0 saturated heterocycles. The van der Waals surface area contributed by atoms with Crippen molar-refractivity contribution >= 4 is 11.3 Å². The van der Waals surface area contributed by atoms with Crippen molar-refractivity contribution in [2.24, 2.45) is 5.73 Å². The molecule has 2 aromatic rings. The molecule has 2 rings (SSSR count). The van der Waals surface area contributed by atoms with Crippen LogP contribution in [-0.2, 0) is 0 Å². The van der Waals surface area contributed by atoms with E-state index in [9.17, 15) is 0 Å². The Hall–Kier alpha value is -1.13. The maximum absolute atomic E-state index is 6.14. The Morgan fingerprint density at radius 1 is 1.60 bits per heavy atom. The maximum Gasteiger partial charge on any atom is 0.0927 e. The second-order valence-corrected chi connectivity index (χ2v) is 4.34. The molecule has 0 saturated carbocycles. The summed E-state index contributed by atoms with van der Waals surface area (Å²) in [4.78, 5) is 0. The average Bonchev–Trinajstić information content (AvgIpc) is 2.90. The van der Waals surface area contributed by atoms with E-state index in [1.54, 1.807) is 17.5 Å². The van der Waals surface area contributed by atoms with E-state index in [2.05, 4.69) is 28.8 Å². The predicted molar refractivity (Wildman–Crippen MR) is 63.0 cm³/mol. The van der Waals surface area contributed by atoms with Crippen molar-refractivity contribution in [2.45, 2.75) is 25.4 Å². The van der Waals surface area contributed by atoms with Gasteiger partial charge < -0.3 is 5.73 Å². The Morgan fingerprint density at radius 3 is 3.00 bits per heavy atom. The third-order valence-corrected chi connectivity index (χ3v) is 3.27. The van der Waals surface area contributed by atoms with Gasteiger partial charge >= 0.3 is 0 Å². The van der Waals surface area contributed by atoms with Gasteiger partial charge in [-0.3, -0.25) is 4.68 Å². The molecule has 3 nitrogen and oxygen atoms in total. The van der Waals surface area contributed by atoms with Crippen LogP contribution < -0.4 is 5.73 Å². The first-order chi connectivity index (χ1) is 7.33. The molecule has 2 heterocycles. The zero-order valence-corrected chi connectivity index (χ0v) is 9.52. The maximum atomic E-state index is 6.14. The topological polar surface area (TPSA) is 43.8 Å². The van der Waals surface area contributed by atoms with E-state index in [1.807, 2.05) is 16.9 Å². The Labute approximate surface area is 93.5 Å². The smallest absolute Gasteiger partial charge is 0.0927 e. The highest BCUT2D eigenvalue weighted by molar-refractivity contribution is 7.07. The molecule has 0 aromatic carbocycles. The van der Waals surface area contributed by atoms with Gasteiger partial charge in [0, 0.05) is 18.4 Å². The van der Waals surface area contributed by atoms with Crippen LogP contribution in [0.2, 0.25) is 0 Å². The lowest BCUT2D eigenvalue weighted by Gasteiger charge is -2.22. The summed E-state index contributed by atoms with van der Waals surface area (Å²) in [6, 6.07) is 4.32. The number of hydrogen-bond acceptors (Lipinski definition) is 3. The summed E-state index contributed by atoms with van der Waals surface area (Å²) in [5.74, 6) is 0. The molecule has 0 amide bonds. The fraction of sp³-hybridized carbons (Fsp3) is 0.364. The SMILES string of the molecule is CCC(N)C(c1ccsc1)n1cccn1. The molecule has 0 aliphatic rings. The number of nitrogens with zero attached hydrogens (tertiary/aromatic N) is 2. The molecule has 0 aliphatic heterocycles. The van der Waals surface area contributed by atoms with E-state index in [1.165, 1.54) is 5.56 Å². The lowest BCUT2D eigenvalue weighted by molar-refractivity contribution is 0.425. The lowest BCUT2D eigenvalue weighted by Crippen LogP contribution is -2.32. The Balaban J connectivity index is 2.33. The van der Waals surface area contributed by atoms with Gasteiger partial charge in [-0.2, -0.15) is 16.4 Å². The molecule has 0 spiro atoms. The van der Waals surface area contributed by atoms with Crippen LogP contribution in [0.1, 0.15) is 24.9 Å². The first-order valence-corrected chi connectivity index (χ1v) is 6.04. The van der Waals surface area contributed by atoms with Gasteiger partial charge in [-0.25, -0.2) is 0 Å². The van der Waals surface area contributed by atoms with Gasteiger partial charge in [0.1, 0.15) is 0 Å². The molecule has 80 valence electrons. The van der Waals surface area contributed by atoms with E-state index in [4.69, 9.17) is 5.73 Å². The van der Waals surface area contributed by atoms with Crippen LogP contribution >= 0.6 is 11.3 Å². The van der Waals surface area contributed by atoms with Crippen LogP contribution in [0.15, 0.2) is 35.3 Å². The van der Waals surface area contributed by atoms with Crippen molar-refractivity contribution < 1.29 is 0 Å². The number of aromatic nitrogens is 2. The lowest BCUT2D eigenvalue weighted by atomic mass is 10.0. The quantitative estimate of drug-likeness (QED) is 0.860. The van der Waals surface area contributed by atoms with Crippen molar-refractivity contribution in [2.75, 3.05) is 0 Å². The molecular formula is C11H15N3S. The van der Waals surface area contributed by atoms with Crippen molar-refractivity contribution in [1.82, 2.24) is 9.78 Å². The van der Waals surface area contributed by atoms with Crippen molar-refractivity contribution in [1.29, 1.82) is 0 Å². The Kier molecular flexibility index (Phi) is 3.18. The van der Waals surface area contributed by atoms with Crippen LogP contribution in [0.25, 0.3) is 0 Å². The minimum Gasteiger partial charge on any atom is -0.326 e. The fourth-order valence-electron chi connectivity index (χ4n) is 1.71. The predicted octanol–water partition coefficient (Wildman–Crippen LogP) is 2.27. The summed E-state index contributed by atoms with van der Waals surface area (Å²) in [6.07, 6.45) is 4.71. The summed E-state index contributed by atoms with van der Waals surface area (Å²) < 4.78 is 1.94. The van der Waals surface area contributed by atoms with Crippen molar-refractivity contribution in [3.05, 3.63) is 40.8 Å². The van der Waals surface area contributed by atoms with E-state index >= 15 is 0 Å². The highest BCUT2D eigenvalue weighted by Crippen LogP contribution is 2.23. The van der Waals surface area contributed by atoms with Crippen molar-refractivity contribution in [3.8, 4) is 0 Å². The molecule has 15 heavy (non-hydrogen) atoms. The monoisotopic (exact) mass is 221 g/mol. The number of rotatable bonds is 4. The summed E-state index contributed by atoms with van der Waals surface area (Å²) >= 11 is 1.70. The summed E-state index contributed by atoms with van der Waals surface area (Å²) in [6.45, 7) is 2.10. The zero-order valence-electron chi connectivity index (χ0n) is 8.71. The molecule has 0 radical (unpaired) electrons. The van der Waals surface area contributed by atoms with Crippen LogP contribution in [-0.4, -0.2) is 15.8 Å². The summed E-state index contributed by atoms with van der Waals surface area (Å²) in [5.41, 5.74) is 7.39.